The molecule has 2 saturated heterocycles. The first-order valence-corrected chi connectivity index (χ1v) is 10.1. The summed E-state index contributed by atoms with van der Waals surface area (Å²) in [7, 11) is 0. The molecule has 0 aliphatic carbocycles. The minimum Gasteiger partial charge on any atom is -0.487 e. The van der Waals surface area contributed by atoms with Crippen LogP contribution in [0, 0.1) is 5.82 Å². The van der Waals surface area contributed by atoms with Gasteiger partial charge < -0.3 is 15.0 Å². The SMILES string of the molecule is Cl.O=C(Cn1ccc(C2CCCNC2)n1)N1CCC(Oc2ccccc2F)CC1. The molecule has 2 aromatic rings. The second-order valence-corrected chi connectivity index (χ2v) is 7.61. The maximum Gasteiger partial charge on any atom is 0.244 e. The van der Waals surface area contributed by atoms with Crippen molar-refractivity contribution in [1.29, 1.82) is 0 Å². The Morgan fingerprint density at radius 1 is 1.21 bits per heavy atom. The van der Waals surface area contributed by atoms with E-state index < -0.39 is 0 Å². The fraction of sp³-hybridized carbons (Fsp3) is 0.524. The Labute approximate surface area is 176 Å². The van der Waals surface area contributed by atoms with Gasteiger partial charge in [0.2, 0.25) is 5.91 Å². The fourth-order valence-electron chi connectivity index (χ4n) is 3.97. The Kier molecular flexibility index (Phi) is 7.50. The normalized spacial score (nSPS) is 20.2. The molecule has 1 atom stereocenters. The molecule has 2 aliphatic heterocycles. The lowest BCUT2D eigenvalue weighted by Crippen LogP contribution is -2.43. The smallest absolute Gasteiger partial charge is 0.244 e. The number of piperidine rings is 2. The van der Waals surface area contributed by atoms with Crippen LogP contribution in [0.15, 0.2) is 36.5 Å². The van der Waals surface area contributed by atoms with E-state index in [4.69, 9.17) is 4.74 Å². The first-order valence-electron chi connectivity index (χ1n) is 10.1. The number of carbonyl (C=O) groups is 1. The van der Waals surface area contributed by atoms with Crippen LogP contribution < -0.4 is 10.1 Å². The highest BCUT2D eigenvalue weighted by Gasteiger charge is 2.25. The van der Waals surface area contributed by atoms with E-state index >= 15 is 0 Å². The average molecular weight is 423 g/mol. The lowest BCUT2D eigenvalue weighted by Gasteiger charge is -2.32. The zero-order chi connectivity index (χ0) is 19.3. The maximum absolute atomic E-state index is 13.7. The molecule has 8 heteroatoms. The Morgan fingerprint density at radius 3 is 2.72 bits per heavy atom. The van der Waals surface area contributed by atoms with Crippen molar-refractivity contribution in [2.75, 3.05) is 26.2 Å². The van der Waals surface area contributed by atoms with Crippen LogP contribution in [0.25, 0.3) is 0 Å². The molecule has 1 N–H and O–H groups in total. The van der Waals surface area contributed by atoms with E-state index in [0.29, 0.717) is 31.8 Å². The van der Waals surface area contributed by atoms with Crippen molar-refractivity contribution in [3.63, 3.8) is 0 Å². The third-order valence-electron chi connectivity index (χ3n) is 5.60. The van der Waals surface area contributed by atoms with E-state index in [0.717, 1.165) is 25.2 Å². The molecule has 2 aliphatic rings. The molecule has 1 aromatic carbocycles. The highest BCUT2D eigenvalue weighted by atomic mass is 35.5. The van der Waals surface area contributed by atoms with Crippen molar-refractivity contribution in [2.45, 2.75) is 44.2 Å². The third kappa shape index (κ3) is 5.48. The molecule has 4 rings (SSSR count). The summed E-state index contributed by atoms with van der Waals surface area (Å²) in [5.74, 6) is 0.453. The molecule has 1 unspecified atom stereocenters. The van der Waals surface area contributed by atoms with Crippen LogP contribution in [0.4, 0.5) is 4.39 Å². The van der Waals surface area contributed by atoms with E-state index in [1.54, 1.807) is 22.9 Å². The Bertz CT molecular complexity index is 801. The van der Waals surface area contributed by atoms with Gasteiger partial charge in [0.25, 0.3) is 0 Å². The van der Waals surface area contributed by atoms with Crippen molar-refractivity contribution in [2.24, 2.45) is 0 Å². The van der Waals surface area contributed by atoms with Crippen LogP contribution in [0.1, 0.15) is 37.3 Å². The zero-order valence-corrected chi connectivity index (χ0v) is 17.2. The minimum atomic E-state index is -0.344. The quantitative estimate of drug-likeness (QED) is 0.804. The highest BCUT2D eigenvalue weighted by Crippen LogP contribution is 2.23. The van der Waals surface area contributed by atoms with Gasteiger partial charge in [-0.15, -0.1) is 12.4 Å². The molecule has 3 heterocycles. The number of nitrogens with one attached hydrogen (secondary N) is 1. The number of rotatable bonds is 5. The van der Waals surface area contributed by atoms with Gasteiger partial charge in [-0.2, -0.15) is 5.10 Å². The van der Waals surface area contributed by atoms with Crippen LogP contribution in [0.2, 0.25) is 0 Å². The number of ether oxygens (including phenoxy) is 1. The molecule has 1 aromatic heterocycles. The zero-order valence-electron chi connectivity index (χ0n) is 16.4. The van der Waals surface area contributed by atoms with Gasteiger partial charge in [0.15, 0.2) is 11.6 Å². The second-order valence-electron chi connectivity index (χ2n) is 7.61. The largest absolute Gasteiger partial charge is 0.487 e. The maximum atomic E-state index is 13.7. The fourth-order valence-corrected chi connectivity index (χ4v) is 3.97. The van der Waals surface area contributed by atoms with Crippen LogP contribution in [-0.2, 0) is 11.3 Å². The topological polar surface area (TPSA) is 59.4 Å². The van der Waals surface area contributed by atoms with Crippen LogP contribution in [0.3, 0.4) is 0 Å². The summed E-state index contributed by atoms with van der Waals surface area (Å²) in [5, 5.41) is 8.01. The lowest BCUT2D eigenvalue weighted by molar-refractivity contribution is -0.133. The van der Waals surface area contributed by atoms with Gasteiger partial charge in [-0.3, -0.25) is 9.48 Å². The molecule has 6 nitrogen and oxygen atoms in total. The van der Waals surface area contributed by atoms with Gasteiger partial charge >= 0.3 is 0 Å². The number of nitrogens with zero attached hydrogens (tertiary/aromatic N) is 3. The number of carbonyl (C=O) groups excluding carboxylic acids is 1. The molecular weight excluding hydrogens is 395 g/mol. The minimum absolute atomic E-state index is 0. The monoisotopic (exact) mass is 422 g/mol. The van der Waals surface area contributed by atoms with Gasteiger partial charge in [0.05, 0.1) is 5.69 Å². The lowest BCUT2D eigenvalue weighted by atomic mass is 9.97. The summed E-state index contributed by atoms with van der Waals surface area (Å²) in [6.45, 7) is 3.54. The molecule has 0 bridgehead atoms. The molecule has 0 spiro atoms. The average Bonchev–Trinajstić information content (AvgIpc) is 3.19. The van der Waals surface area contributed by atoms with Gasteiger partial charge in [-0.05, 0) is 37.6 Å². The molecule has 0 saturated carbocycles. The van der Waals surface area contributed by atoms with Gasteiger partial charge in [-0.25, -0.2) is 4.39 Å². The van der Waals surface area contributed by atoms with E-state index in [9.17, 15) is 9.18 Å². The summed E-state index contributed by atoms with van der Waals surface area (Å²) >= 11 is 0. The van der Waals surface area contributed by atoms with E-state index in [1.165, 1.54) is 12.5 Å². The number of para-hydroxylation sites is 1. The number of hydrogen-bond donors (Lipinski definition) is 1. The number of halogens is 2. The van der Waals surface area contributed by atoms with Crippen molar-refractivity contribution in [1.82, 2.24) is 20.0 Å². The van der Waals surface area contributed by atoms with Gasteiger partial charge in [-0.1, -0.05) is 12.1 Å². The number of amides is 1. The molecule has 1 amide bonds. The Balaban J connectivity index is 0.00000240. The summed E-state index contributed by atoms with van der Waals surface area (Å²) in [6, 6.07) is 8.48. The second kappa shape index (κ2) is 10.1. The number of likely N-dealkylation sites (tertiary alicyclic amines) is 1. The predicted molar refractivity (Wildman–Crippen MR) is 111 cm³/mol. The number of hydrogen-bond acceptors (Lipinski definition) is 4. The van der Waals surface area contributed by atoms with Crippen LogP contribution in [0.5, 0.6) is 5.75 Å². The van der Waals surface area contributed by atoms with Crippen molar-refractivity contribution in [3.05, 3.63) is 48.0 Å². The van der Waals surface area contributed by atoms with Gasteiger partial charge in [0.1, 0.15) is 12.6 Å². The molecule has 29 heavy (non-hydrogen) atoms. The van der Waals surface area contributed by atoms with Gasteiger partial charge in [0, 0.05) is 44.6 Å². The number of aromatic nitrogens is 2. The molecule has 2 fully saturated rings. The summed E-state index contributed by atoms with van der Waals surface area (Å²) in [4.78, 5) is 14.5. The molecular formula is C21H28ClFN4O2. The van der Waals surface area contributed by atoms with Crippen LogP contribution >= 0.6 is 12.4 Å². The first-order chi connectivity index (χ1) is 13.7. The number of benzene rings is 1. The highest BCUT2D eigenvalue weighted by molar-refractivity contribution is 5.85. The predicted octanol–water partition coefficient (Wildman–Crippen LogP) is 2.98. The Morgan fingerprint density at radius 2 is 2.00 bits per heavy atom. The first kappa shape index (κ1) is 21.6. The van der Waals surface area contributed by atoms with Crippen LogP contribution in [-0.4, -0.2) is 52.9 Å². The summed E-state index contributed by atoms with van der Waals surface area (Å²) in [5.41, 5.74) is 1.07. The molecule has 158 valence electrons. The van der Waals surface area contributed by atoms with Crippen molar-refractivity contribution in [3.8, 4) is 5.75 Å². The van der Waals surface area contributed by atoms with Crippen molar-refractivity contribution < 1.29 is 13.9 Å². The summed E-state index contributed by atoms with van der Waals surface area (Å²) < 4.78 is 21.2. The van der Waals surface area contributed by atoms with E-state index in [1.807, 2.05) is 17.2 Å². The summed E-state index contributed by atoms with van der Waals surface area (Å²) in [6.07, 6.45) is 5.57. The Hall–Kier alpha value is -2.12. The van der Waals surface area contributed by atoms with E-state index in [-0.39, 0.29) is 42.5 Å². The third-order valence-corrected chi connectivity index (χ3v) is 5.60. The van der Waals surface area contributed by atoms with E-state index in [2.05, 4.69) is 10.4 Å². The molecule has 0 radical (unpaired) electrons. The van der Waals surface area contributed by atoms with Crippen molar-refractivity contribution >= 4 is 18.3 Å². The standard InChI is InChI=1S/C21H27FN4O2.ClH/c22-18-5-1-2-6-20(18)28-17-7-11-25(12-8-17)21(27)15-26-13-9-19(24-26)16-4-3-10-23-14-16;/h1-2,5-6,9,13,16-17,23H,3-4,7-8,10-12,14-15H2;1H.